The Kier molecular flexibility index (Phi) is 6.60. The molecule has 0 aliphatic heterocycles. The molecule has 3 aromatic carbocycles. The maximum absolute atomic E-state index is 11.1. The van der Waals surface area contributed by atoms with Crippen LogP contribution in [-0.2, 0) is 10.8 Å². The lowest BCUT2D eigenvalue weighted by Gasteiger charge is -2.43. The van der Waals surface area contributed by atoms with Gasteiger partial charge >= 0.3 is 5.97 Å². The van der Waals surface area contributed by atoms with Gasteiger partial charge in [-0.25, -0.2) is 4.79 Å². The molecule has 5 heteroatoms. The third-order valence-electron chi connectivity index (χ3n) is 7.24. The van der Waals surface area contributed by atoms with Gasteiger partial charge in [-0.1, -0.05) is 57.7 Å². The predicted octanol–water partition coefficient (Wildman–Crippen LogP) is 6.20. The van der Waals surface area contributed by atoms with Crippen molar-refractivity contribution in [3.05, 3.63) is 82.4 Å². The number of aromatic hydroxyl groups is 1. The van der Waals surface area contributed by atoms with Crippen molar-refractivity contribution in [1.82, 2.24) is 0 Å². The number of benzene rings is 3. The van der Waals surface area contributed by atoms with Crippen LogP contribution in [0.15, 0.2) is 54.6 Å². The first kappa shape index (κ1) is 25.3. The van der Waals surface area contributed by atoms with Crippen LogP contribution in [0.4, 0.5) is 0 Å². The lowest BCUT2D eigenvalue weighted by Crippen LogP contribution is -2.34. The minimum Gasteiger partial charge on any atom is -0.507 e. The van der Waals surface area contributed by atoms with Crippen LogP contribution >= 0.6 is 0 Å². The number of carboxylic acids is 1. The molecule has 0 saturated heterocycles. The Labute approximate surface area is 212 Å². The van der Waals surface area contributed by atoms with Gasteiger partial charge in [0.25, 0.3) is 0 Å². The van der Waals surface area contributed by atoms with Crippen LogP contribution in [0, 0.1) is 11.8 Å². The summed E-state index contributed by atoms with van der Waals surface area (Å²) in [5, 5.41) is 30.2. The van der Waals surface area contributed by atoms with Crippen LogP contribution in [-0.4, -0.2) is 28.4 Å². The first-order valence-corrected chi connectivity index (χ1v) is 12.0. The van der Waals surface area contributed by atoms with Crippen LogP contribution in [0.2, 0.25) is 0 Å². The Hall–Kier alpha value is -3.75. The maximum atomic E-state index is 11.1. The Morgan fingerprint density at radius 1 is 0.972 bits per heavy atom. The number of methoxy groups -OCH3 is 1. The SMILES string of the molecule is COc1ccc(-c2cc(C(O)C#Cc3ccc(C(=O)O)c(O)c3)cc3c2C(C)(C)CCC3(C)C)cc1. The largest absolute Gasteiger partial charge is 0.507 e. The first-order valence-electron chi connectivity index (χ1n) is 12.0. The molecule has 5 nitrogen and oxygen atoms in total. The summed E-state index contributed by atoms with van der Waals surface area (Å²) in [6.07, 6.45) is 1.04. The zero-order chi connectivity index (χ0) is 26.3. The first-order chi connectivity index (χ1) is 16.9. The summed E-state index contributed by atoms with van der Waals surface area (Å²) < 4.78 is 5.35. The van der Waals surface area contributed by atoms with E-state index in [1.165, 1.54) is 29.3 Å². The van der Waals surface area contributed by atoms with Crippen molar-refractivity contribution in [2.45, 2.75) is 57.5 Å². The molecule has 3 N–H and O–H groups in total. The third-order valence-corrected chi connectivity index (χ3v) is 7.24. The van der Waals surface area contributed by atoms with Gasteiger partial charge in [-0.2, -0.15) is 0 Å². The topological polar surface area (TPSA) is 87.0 Å². The molecule has 1 unspecified atom stereocenters. The fourth-order valence-corrected chi connectivity index (χ4v) is 4.99. The zero-order valence-electron chi connectivity index (χ0n) is 21.3. The molecule has 1 aliphatic rings. The summed E-state index contributed by atoms with van der Waals surface area (Å²) >= 11 is 0. The van der Waals surface area contributed by atoms with E-state index in [0.717, 1.165) is 29.7 Å². The minimum atomic E-state index is -1.21. The van der Waals surface area contributed by atoms with Crippen molar-refractivity contribution in [3.8, 4) is 34.5 Å². The number of carboxylic acid groups (broad SMARTS) is 1. The number of fused-ring (bicyclic) bond motifs is 1. The molecule has 0 heterocycles. The second-order valence-electron chi connectivity index (χ2n) is 10.7. The molecule has 4 rings (SSSR count). The highest BCUT2D eigenvalue weighted by Crippen LogP contribution is 2.50. The molecule has 1 atom stereocenters. The van der Waals surface area contributed by atoms with Crippen LogP contribution in [0.1, 0.15) is 79.3 Å². The molecule has 0 fully saturated rings. The summed E-state index contributed by atoms with van der Waals surface area (Å²) in [6, 6.07) is 16.2. The standard InChI is InChI=1S/C31H32O5/c1-30(2)14-15-31(3,4)28-24(20-8-10-22(36-5)11-9-20)17-21(18-25(28)30)26(32)13-7-19-6-12-23(29(34)35)27(33)16-19/h6,8-12,16-18,26,32-33H,14-15H2,1-5H3,(H,34,35). The van der Waals surface area contributed by atoms with Crippen LogP contribution < -0.4 is 4.74 Å². The molecule has 36 heavy (non-hydrogen) atoms. The number of ether oxygens (including phenoxy) is 1. The number of carbonyl (C=O) groups is 1. The lowest BCUT2D eigenvalue weighted by molar-refractivity contribution is 0.0693. The number of phenols is 1. The smallest absolute Gasteiger partial charge is 0.339 e. The number of rotatable bonds is 4. The zero-order valence-corrected chi connectivity index (χ0v) is 21.3. The number of hydrogen-bond acceptors (Lipinski definition) is 4. The Bertz CT molecular complexity index is 1370. The molecule has 1 aliphatic carbocycles. The van der Waals surface area contributed by atoms with Gasteiger partial charge in [-0.3, -0.25) is 0 Å². The van der Waals surface area contributed by atoms with E-state index < -0.39 is 12.1 Å². The van der Waals surface area contributed by atoms with Crippen molar-refractivity contribution in [1.29, 1.82) is 0 Å². The fourth-order valence-electron chi connectivity index (χ4n) is 4.99. The highest BCUT2D eigenvalue weighted by molar-refractivity contribution is 5.90. The third kappa shape index (κ3) is 4.82. The molecule has 0 spiro atoms. The Morgan fingerprint density at radius 2 is 1.64 bits per heavy atom. The summed E-state index contributed by atoms with van der Waals surface area (Å²) in [5.41, 5.74) is 5.47. The molecule has 0 saturated carbocycles. The number of hydrogen-bond donors (Lipinski definition) is 3. The summed E-state index contributed by atoms with van der Waals surface area (Å²) in [5.74, 6) is 4.96. The predicted molar refractivity (Wildman–Crippen MR) is 141 cm³/mol. The molecular formula is C31H32O5. The number of aliphatic hydroxyl groups excluding tert-OH is 1. The summed E-state index contributed by atoms with van der Waals surface area (Å²) in [4.78, 5) is 11.1. The average Bonchev–Trinajstić information content (AvgIpc) is 2.84. The fraction of sp³-hybridized carbons (Fsp3) is 0.323. The van der Waals surface area contributed by atoms with Gasteiger partial charge in [0.1, 0.15) is 23.2 Å². The van der Waals surface area contributed by atoms with Gasteiger partial charge < -0.3 is 20.1 Å². The average molecular weight is 485 g/mol. The second kappa shape index (κ2) is 9.37. The van der Waals surface area contributed by atoms with E-state index in [9.17, 15) is 15.0 Å². The molecule has 0 amide bonds. The van der Waals surface area contributed by atoms with E-state index in [4.69, 9.17) is 9.84 Å². The highest BCUT2D eigenvalue weighted by Gasteiger charge is 2.39. The van der Waals surface area contributed by atoms with E-state index in [1.54, 1.807) is 7.11 Å². The van der Waals surface area contributed by atoms with Gasteiger partial charge in [0.2, 0.25) is 0 Å². The molecule has 186 valence electrons. The van der Waals surface area contributed by atoms with E-state index in [2.05, 4.69) is 45.6 Å². The van der Waals surface area contributed by atoms with Crippen molar-refractivity contribution in [2.24, 2.45) is 0 Å². The molecule has 0 aromatic heterocycles. The van der Waals surface area contributed by atoms with Crippen molar-refractivity contribution in [2.75, 3.05) is 7.11 Å². The number of aliphatic hydroxyl groups is 1. The molecule has 0 bridgehead atoms. The van der Waals surface area contributed by atoms with E-state index in [-0.39, 0.29) is 22.1 Å². The lowest BCUT2D eigenvalue weighted by atomic mass is 9.61. The van der Waals surface area contributed by atoms with Gasteiger partial charge in [-0.15, -0.1) is 0 Å². The minimum absolute atomic E-state index is 0.0291. The van der Waals surface area contributed by atoms with E-state index >= 15 is 0 Å². The van der Waals surface area contributed by atoms with Crippen molar-refractivity contribution < 1.29 is 24.9 Å². The van der Waals surface area contributed by atoms with Crippen LogP contribution in [0.3, 0.4) is 0 Å². The summed E-state index contributed by atoms with van der Waals surface area (Å²) in [6.45, 7) is 9.04. The summed E-state index contributed by atoms with van der Waals surface area (Å²) in [7, 11) is 1.65. The monoisotopic (exact) mass is 484 g/mol. The number of aromatic carboxylic acids is 1. The van der Waals surface area contributed by atoms with Gasteiger partial charge in [0, 0.05) is 5.56 Å². The van der Waals surface area contributed by atoms with E-state index in [1.807, 2.05) is 30.3 Å². The second-order valence-corrected chi connectivity index (χ2v) is 10.7. The Morgan fingerprint density at radius 3 is 2.25 bits per heavy atom. The Balaban J connectivity index is 1.83. The molecule has 3 aromatic rings. The van der Waals surface area contributed by atoms with Crippen LogP contribution in [0.25, 0.3) is 11.1 Å². The van der Waals surface area contributed by atoms with Crippen LogP contribution in [0.5, 0.6) is 11.5 Å². The van der Waals surface area contributed by atoms with Crippen molar-refractivity contribution >= 4 is 5.97 Å². The normalized spacial score (nSPS) is 16.3. The van der Waals surface area contributed by atoms with Gasteiger partial charge in [0.05, 0.1) is 7.11 Å². The van der Waals surface area contributed by atoms with Gasteiger partial charge in [-0.05, 0) is 87.9 Å². The quantitative estimate of drug-likeness (QED) is 0.384. The van der Waals surface area contributed by atoms with Gasteiger partial charge in [0.15, 0.2) is 0 Å². The molecular weight excluding hydrogens is 452 g/mol. The maximum Gasteiger partial charge on any atom is 0.339 e. The van der Waals surface area contributed by atoms with Crippen molar-refractivity contribution in [3.63, 3.8) is 0 Å². The van der Waals surface area contributed by atoms with E-state index in [0.29, 0.717) is 11.1 Å². The highest BCUT2D eigenvalue weighted by atomic mass is 16.5. The molecule has 0 radical (unpaired) electrons.